The lowest BCUT2D eigenvalue weighted by molar-refractivity contribution is 0.0997. The van der Waals surface area contributed by atoms with Gasteiger partial charge in [-0.25, -0.2) is 9.18 Å². The molecule has 3 aromatic rings. The molecule has 0 radical (unpaired) electrons. The van der Waals surface area contributed by atoms with E-state index in [2.05, 4.69) is 10.3 Å². The third-order valence-electron chi connectivity index (χ3n) is 4.75. The predicted octanol–water partition coefficient (Wildman–Crippen LogP) is 4.74. The van der Waals surface area contributed by atoms with Crippen molar-refractivity contribution in [1.82, 2.24) is 9.88 Å². The van der Waals surface area contributed by atoms with Crippen LogP contribution in [-0.4, -0.2) is 28.4 Å². The maximum Gasteiger partial charge on any atom is 0.322 e. The van der Waals surface area contributed by atoms with E-state index < -0.39 is 11.7 Å². The lowest BCUT2D eigenvalue weighted by Crippen LogP contribution is -2.37. The van der Waals surface area contributed by atoms with Gasteiger partial charge in [0.25, 0.3) is 5.91 Å². The first-order chi connectivity index (χ1) is 13.8. The number of fused-ring (bicyclic) bond motifs is 1. The van der Waals surface area contributed by atoms with Crippen LogP contribution in [0.15, 0.2) is 48.7 Å². The molecule has 29 heavy (non-hydrogen) atoms. The van der Waals surface area contributed by atoms with Crippen LogP contribution in [0.2, 0.25) is 5.02 Å². The Hall–Kier alpha value is -3.19. The number of halogens is 2. The van der Waals surface area contributed by atoms with Crippen LogP contribution in [0.5, 0.6) is 0 Å². The monoisotopic (exact) mass is 414 g/mol. The van der Waals surface area contributed by atoms with E-state index in [1.165, 1.54) is 18.2 Å². The highest BCUT2D eigenvalue weighted by Gasteiger charge is 2.23. The van der Waals surface area contributed by atoms with Crippen LogP contribution >= 0.6 is 11.6 Å². The summed E-state index contributed by atoms with van der Waals surface area (Å²) >= 11 is 5.79. The second-order valence-electron chi connectivity index (χ2n) is 6.49. The van der Waals surface area contributed by atoms with Gasteiger partial charge in [-0.3, -0.25) is 9.78 Å². The summed E-state index contributed by atoms with van der Waals surface area (Å²) in [7, 11) is 0. The summed E-state index contributed by atoms with van der Waals surface area (Å²) in [5.41, 5.74) is 6.79. The fraction of sp³-hybridized carbons (Fsp3) is 0.190. The van der Waals surface area contributed by atoms with E-state index >= 15 is 0 Å². The molecule has 0 aliphatic carbocycles. The number of amides is 3. The van der Waals surface area contributed by atoms with Crippen molar-refractivity contribution in [1.29, 1.82) is 0 Å². The first kappa shape index (κ1) is 20.5. The summed E-state index contributed by atoms with van der Waals surface area (Å²) in [6.07, 6.45) is 1.57. The molecule has 0 aliphatic rings. The maximum absolute atomic E-state index is 13.4. The number of aromatic nitrogens is 1. The van der Waals surface area contributed by atoms with E-state index in [0.717, 1.165) is 10.9 Å². The van der Waals surface area contributed by atoms with Crippen LogP contribution in [0, 0.1) is 5.82 Å². The molecule has 0 spiro atoms. The Morgan fingerprint density at radius 3 is 2.55 bits per heavy atom. The molecule has 150 valence electrons. The Balaban J connectivity index is 1.94. The Kier molecular flexibility index (Phi) is 5.98. The van der Waals surface area contributed by atoms with Gasteiger partial charge in [0.15, 0.2) is 0 Å². The number of carbonyl (C=O) groups excluding carboxylic acids is 2. The second kappa shape index (κ2) is 8.45. The fourth-order valence-electron chi connectivity index (χ4n) is 3.27. The van der Waals surface area contributed by atoms with Crippen molar-refractivity contribution in [3.63, 3.8) is 0 Å². The number of anilines is 1. The summed E-state index contributed by atoms with van der Waals surface area (Å²) in [6.45, 7) is 4.13. The van der Waals surface area contributed by atoms with Crippen LogP contribution in [-0.2, 0) is 0 Å². The van der Waals surface area contributed by atoms with E-state index in [1.54, 1.807) is 23.2 Å². The van der Waals surface area contributed by atoms with E-state index in [9.17, 15) is 14.0 Å². The average Bonchev–Trinajstić information content (AvgIpc) is 2.70. The average molecular weight is 415 g/mol. The van der Waals surface area contributed by atoms with Crippen LogP contribution < -0.4 is 11.1 Å². The van der Waals surface area contributed by atoms with Crippen LogP contribution in [0.4, 0.5) is 14.9 Å². The van der Waals surface area contributed by atoms with Gasteiger partial charge in [-0.2, -0.15) is 0 Å². The van der Waals surface area contributed by atoms with Gasteiger partial charge in [0, 0.05) is 29.4 Å². The fourth-order valence-corrected chi connectivity index (χ4v) is 3.45. The van der Waals surface area contributed by atoms with Gasteiger partial charge < -0.3 is 16.0 Å². The molecule has 0 bridgehead atoms. The Bertz CT molecular complexity index is 1090. The number of carbonyl (C=O) groups is 2. The minimum atomic E-state index is -0.612. The minimum absolute atomic E-state index is 0.0730. The van der Waals surface area contributed by atoms with Crippen molar-refractivity contribution in [3.8, 4) is 0 Å². The maximum atomic E-state index is 13.4. The van der Waals surface area contributed by atoms with E-state index in [4.69, 9.17) is 17.3 Å². The summed E-state index contributed by atoms with van der Waals surface area (Å²) in [4.78, 5) is 30.4. The minimum Gasteiger partial charge on any atom is -0.364 e. The smallest absolute Gasteiger partial charge is 0.322 e. The first-order valence-electron chi connectivity index (χ1n) is 9.03. The number of benzene rings is 2. The van der Waals surface area contributed by atoms with Gasteiger partial charge in [0.05, 0.1) is 11.1 Å². The van der Waals surface area contributed by atoms with Crippen molar-refractivity contribution >= 4 is 40.0 Å². The highest BCUT2D eigenvalue weighted by molar-refractivity contribution is 6.31. The van der Waals surface area contributed by atoms with E-state index in [0.29, 0.717) is 17.6 Å². The number of pyridine rings is 1. The summed E-state index contributed by atoms with van der Waals surface area (Å²) in [6, 6.07) is 10.5. The molecule has 3 amide bonds. The second-order valence-corrected chi connectivity index (χ2v) is 6.90. The van der Waals surface area contributed by atoms with Crippen molar-refractivity contribution in [2.45, 2.75) is 19.9 Å². The lowest BCUT2D eigenvalue weighted by atomic mass is 9.99. The largest absolute Gasteiger partial charge is 0.364 e. The number of nitrogens with zero attached hydrogens (tertiary/aromatic N) is 2. The number of nitrogens with one attached hydrogen (secondary N) is 1. The summed E-state index contributed by atoms with van der Waals surface area (Å²) in [5, 5.41) is 4.08. The van der Waals surface area contributed by atoms with Gasteiger partial charge in [0.1, 0.15) is 11.5 Å². The van der Waals surface area contributed by atoms with Crippen molar-refractivity contribution in [2.75, 3.05) is 11.9 Å². The molecular formula is C21H20ClFN4O2. The predicted molar refractivity (Wildman–Crippen MR) is 111 cm³/mol. The molecule has 3 N–H and O–H groups in total. The normalized spacial score (nSPS) is 11.9. The molecule has 0 fully saturated rings. The SMILES string of the molecule is CCN(C(=O)Nc1ccc(F)c(Cl)c1)[C@@H](C)c1cnc(C(N)=O)c2ccccc12. The van der Waals surface area contributed by atoms with E-state index in [-0.39, 0.29) is 22.8 Å². The van der Waals surface area contributed by atoms with Crippen LogP contribution in [0.25, 0.3) is 10.8 Å². The molecule has 8 heteroatoms. The number of urea groups is 1. The highest BCUT2D eigenvalue weighted by atomic mass is 35.5. The van der Waals surface area contributed by atoms with Gasteiger partial charge in [-0.05, 0) is 37.4 Å². The topological polar surface area (TPSA) is 88.3 Å². The van der Waals surface area contributed by atoms with Crippen LogP contribution in [0.3, 0.4) is 0 Å². The highest BCUT2D eigenvalue weighted by Crippen LogP contribution is 2.29. The van der Waals surface area contributed by atoms with Crippen molar-refractivity contribution in [3.05, 3.63) is 70.8 Å². The van der Waals surface area contributed by atoms with Gasteiger partial charge in [0.2, 0.25) is 0 Å². The first-order valence-corrected chi connectivity index (χ1v) is 9.41. The number of hydrogen-bond acceptors (Lipinski definition) is 3. The molecule has 2 aromatic carbocycles. The summed E-state index contributed by atoms with van der Waals surface area (Å²) in [5.74, 6) is -1.17. The zero-order chi connectivity index (χ0) is 21.1. The molecular weight excluding hydrogens is 395 g/mol. The van der Waals surface area contributed by atoms with Gasteiger partial charge in [-0.1, -0.05) is 35.9 Å². The Labute approximate surface area is 172 Å². The molecule has 6 nitrogen and oxygen atoms in total. The number of nitrogens with two attached hydrogens (primary N) is 1. The lowest BCUT2D eigenvalue weighted by Gasteiger charge is -2.29. The number of primary amides is 1. The summed E-state index contributed by atoms with van der Waals surface area (Å²) < 4.78 is 13.4. The Morgan fingerprint density at radius 1 is 1.24 bits per heavy atom. The van der Waals surface area contributed by atoms with Crippen molar-refractivity contribution in [2.24, 2.45) is 5.73 Å². The third kappa shape index (κ3) is 4.14. The molecule has 3 rings (SSSR count). The number of hydrogen-bond donors (Lipinski definition) is 2. The molecule has 1 heterocycles. The number of rotatable bonds is 5. The zero-order valence-electron chi connectivity index (χ0n) is 15.9. The molecule has 0 saturated heterocycles. The van der Waals surface area contributed by atoms with Gasteiger partial charge in [-0.15, -0.1) is 0 Å². The molecule has 0 aliphatic heterocycles. The quantitative estimate of drug-likeness (QED) is 0.631. The molecule has 1 aromatic heterocycles. The Morgan fingerprint density at radius 2 is 1.93 bits per heavy atom. The van der Waals surface area contributed by atoms with Crippen molar-refractivity contribution < 1.29 is 14.0 Å². The third-order valence-corrected chi connectivity index (χ3v) is 5.04. The molecule has 1 atom stereocenters. The van der Waals surface area contributed by atoms with Gasteiger partial charge >= 0.3 is 6.03 Å². The standard InChI is InChI=1S/C21H20ClFN4O2/c1-3-27(21(29)26-13-8-9-18(23)17(22)10-13)12(2)16-11-25-19(20(24)28)15-7-5-4-6-14(15)16/h4-12H,3H2,1-2H3,(H2,24,28)(H,26,29)/t12-/m0/s1. The molecule has 0 saturated carbocycles. The van der Waals surface area contributed by atoms with Crippen LogP contribution in [0.1, 0.15) is 35.9 Å². The zero-order valence-corrected chi connectivity index (χ0v) is 16.7. The molecule has 0 unspecified atom stereocenters. The van der Waals surface area contributed by atoms with E-state index in [1.807, 2.05) is 26.0 Å².